The van der Waals surface area contributed by atoms with E-state index in [0.29, 0.717) is 0 Å². The Labute approximate surface area is 378 Å². The molecule has 2 aliphatic heterocycles. The molecule has 4 nitrogen and oxygen atoms in total. The average Bonchev–Trinajstić information content (AvgIpc) is 3.88. The number of benzene rings is 7. The third-order valence-corrected chi connectivity index (χ3v) is 14.0. The number of para-hydroxylation sites is 2. The van der Waals surface area contributed by atoms with Crippen LogP contribution in [0.3, 0.4) is 0 Å². The minimum absolute atomic E-state index is 0.0149. The Morgan fingerprint density at radius 3 is 1.22 bits per heavy atom. The molecule has 0 aliphatic carbocycles. The number of nitrogens with zero attached hydrogens (tertiary/aromatic N) is 2. The predicted octanol–water partition coefficient (Wildman–Crippen LogP) is 14.7. The fourth-order valence-electron chi connectivity index (χ4n) is 10.8. The van der Waals surface area contributed by atoms with E-state index in [1.54, 1.807) is 0 Å². The summed E-state index contributed by atoms with van der Waals surface area (Å²) in [6, 6.07) is 45.5. The molecule has 2 aliphatic rings. The first-order chi connectivity index (χ1) is 30.6. The van der Waals surface area contributed by atoms with Crippen molar-refractivity contribution >= 4 is 79.2 Å². The summed E-state index contributed by atoms with van der Waals surface area (Å²) in [7, 11) is 0. The van der Waals surface area contributed by atoms with Gasteiger partial charge >= 0.3 is 0 Å². The SMILES string of the molecule is Cc1cc2c3c(c1)N(c1c(C)cc(C(C)(C)C)cc1C)c1cc(-c4coc5ccccc45)ccc1B3c1ccc(-c3coc4ccccc34)cc1N2c1c(C)cc(C(C)(C)C)cc1C. The third-order valence-electron chi connectivity index (χ3n) is 14.0. The Balaban J connectivity index is 1.23. The van der Waals surface area contributed by atoms with E-state index in [0.717, 1.165) is 44.2 Å². The van der Waals surface area contributed by atoms with Gasteiger partial charge in [0.05, 0.1) is 23.9 Å². The number of fused-ring (bicyclic) bond motifs is 6. The zero-order valence-corrected chi connectivity index (χ0v) is 39.0. The Hall–Kier alpha value is -6.72. The molecule has 11 rings (SSSR count). The van der Waals surface area contributed by atoms with E-state index in [4.69, 9.17) is 8.83 Å². The highest BCUT2D eigenvalue weighted by atomic mass is 16.3. The highest BCUT2D eigenvalue weighted by Crippen LogP contribution is 2.50. The van der Waals surface area contributed by atoms with E-state index >= 15 is 0 Å². The number of hydrogen-bond acceptors (Lipinski definition) is 4. The Bertz CT molecular complexity index is 3120. The molecule has 316 valence electrons. The van der Waals surface area contributed by atoms with E-state index in [-0.39, 0.29) is 17.5 Å². The van der Waals surface area contributed by atoms with Crippen molar-refractivity contribution in [3.05, 3.63) is 173 Å². The van der Waals surface area contributed by atoms with E-state index < -0.39 is 0 Å². The van der Waals surface area contributed by atoms with E-state index in [2.05, 4.69) is 195 Å². The van der Waals surface area contributed by atoms with Crippen LogP contribution in [0.4, 0.5) is 34.1 Å². The molecular weight excluding hydrogens is 779 g/mol. The summed E-state index contributed by atoms with van der Waals surface area (Å²) in [5.74, 6) is 0. The highest BCUT2D eigenvalue weighted by molar-refractivity contribution is 7.00. The molecule has 4 heterocycles. The Morgan fingerprint density at radius 2 is 0.828 bits per heavy atom. The second-order valence-corrected chi connectivity index (χ2v) is 20.6. The highest BCUT2D eigenvalue weighted by Gasteiger charge is 2.45. The summed E-state index contributed by atoms with van der Waals surface area (Å²) < 4.78 is 12.3. The van der Waals surface area contributed by atoms with Gasteiger partial charge in [0.1, 0.15) is 11.2 Å². The second kappa shape index (κ2) is 14.1. The fraction of sp³-hybridized carbons (Fsp3) is 0.220. The molecule has 0 saturated heterocycles. The molecule has 64 heavy (non-hydrogen) atoms. The number of aryl methyl sites for hydroxylation is 5. The summed E-state index contributed by atoms with van der Waals surface area (Å²) in [6.07, 6.45) is 3.85. The minimum Gasteiger partial charge on any atom is -0.464 e. The van der Waals surface area contributed by atoms with Crippen LogP contribution in [0.25, 0.3) is 44.2 Å². The van der Waals surface area contributed by atoms with Crippen molar-refractivity contribution < 1.29 is 8.83 Å². The van der Waals surface area contributed by atoms with Gasteiger partial charge in [-0.1, -0.05) is 126 Å². The van der Waals surface area contributed by atoms with Crippen molar-refractivity contribution in [2.45, 2.75) is 87.0 Å². The van der Waals surface area contributed by atoms with Crippen LogP contribution in [0.15, 0.2) is 143 Å². The van der Waals surface area contributed by atoms with Crippen LogP contribution in [-0.2, 0) is 10.8 Å². The second-order valence-electron chi connectivity index (χ2n) is 20.6. The van der Waals surface area contributed by atoms with Gasteiger partial charge in [0.25, 0.3) is 6.71 Å². The number of hydrogen-bond donors (Lipinski definition) is 0. The Morgan fingerprint density at radius 1 is 0.438 bits per heavy atom. The van der Waals surface area contributed by atoms with Crippen molar-refractivity contribution in [1.29, 1.82) is 0 Å². The predicted molar refractivity (Wildman–Crippen MR) is 272 cm³/mol. The van der Waals surface area contributed by atoms with E-state index in [1.165, 1.54) is 89.5 Å². The largest absolute Gasteiger partial charge is 0.464 e. The molecule has 9 aromatic rings. The van der Waals surface area contributed by atoms with Crippen molar-refractivity contribution in [3.8, 4) is 22.3 Å². The van der Waals surface area contributed by atoms with Gasteiger partial charge in [0, 0.05) is 44.6 Å². The van der Waals surface area contributed by atoms with Crippen LogP contribution in [0.5, 0.6) is 0 Å². The molecular formula is C59H55BN2O2. The maximum Gasteiger partial charge on any atom is 0.252 e. The summed E-state index contributed by atoms with van der Waals surface area (Å²) in [6.45, 7) is 25.3. The van der Waals surface area contributed by atoms with Gasteiger partial charge in [-0.15, -0.1) is 0 Å². The molecule has 0 radical (unpaired) electrons. The topological polar surface area (TPSA) is 32.8 Å². The van der Waals surface area contributed by atoms with Gasteiger partial charge in [-0.2, -0.15) is 0 Å². The van der Waals surface area contributed by atoms with Crippen molar-refractivity contribution in [2.75, 3.05) is 9.80 Å². The zero-order chi connectivity index (χ0) is 44.6. The first-order valence-corrected chi connectivity index (χ1v) is 22.8. The quantitative estimate of drug-likeness (QED) is 0.165. The van der Waals surface area contributed by atoms with Gasteiger partial charge in [0.15, 0.2) is 0 Å². The lowest BCUT2D eigenvalue weighted by Crippen LogP contribution is -2.61. The first kappa shape index (κ1) is 40.1. The molecule has 2 aromatic heterocycles. The van der Waals surface area contributed by atoms with Gasteiger partial charge in [0.2, 0.25) is 0 Å². The van der Waals surface area contributed by atoms with Crippen LogP contribution < -0.4 is 26.2 Å². The number of rotatable bonds is 4. The molecule has 7 aromatic carbocycles. The van der Waals surface area contributed by atoms with E-state index in [1.807, 2.05) is 24.7 Å². The number of furan rings is 2. The molecule has 0 N–H and O–H groups in total. The molecule has 0 spiro atoms. The lowest BCUT2D eigenvalue weighted by Gasteiger charge is -2.46. The van der Waals surface area contributed by atoms with Crippen molar-refractivity contribution in [1.82, 2.24) is 0 Å². The van der Waals surface area contributed by atoms with Crippen LogP contribution in [0.2, 0.25) is 0 Å². The van der Waals surface area contributed by atoms with Crippen LogP contribution >= 0.6 is 0 Å². The van der Waals surface area contributed by atoms with Gasteiger partial charge in [-0.25, -0.2) is 0 Å². The maximum absolute atomic E-state index is 6.17. The first-order valence-electron chi connectivity index (χ1n) is 22.8. The standard InChI is InChI=1S/C59H55BN2O2/c1-34-24-51-55-52(25-34)62(57-37(4)28-42(29-38(57)5)59(9,10)11)50-31-40(46-33-64-54-19-15-13-17-44(46)54)21-23-48(50)60(55)47-22-20-39(45-32-63-53-18-14-12-16-43(45)53)30-49(47)61(51)56-35(2)26-41(27-36(56)3)58(6,7)8/h12-33H,1-11H3. The third kappa shape index (κ3) is 6.11. The van der Waals surface area contributed by atoms with Gasteiger partial charge in [-0.05, 0) is 148 Å². The molecule has 5 heteroatoms. The maximum atomic E-state index is 6.17. The average molecular weight is 835 g/mol. The molecule has 0 saturated carbocycles. The lowest BCUT2D eigenvalue weighted by molar-refractivity contribution is 0.589. The molecule has 0 amide bonds. The minimum atomic E-state index is -0.0303. The molecule has 0 fully saturated rings. The summed E-state index contributed by atoms with van der Waals surface area (Å²) >= 11 is 0. The van der Waals surface area contributed by atoms with Crippen molar-refractivity contribution in [2.24, 2.45) is 0 Å². The van der Waals surface area contributed by atoms with Gasteiger partial charge < -0.3 is 18.6 Å². The molecule has 0 bridgehead atoms. The van der Waals surface area contributed by atoms with Gasteiger partial charge in [-0.3, -0.25) is 0 Å². The van der Waals surface area contributed by atoms with Crippen LogP contribution in [0, 0.1) is 34.6 Å². The molecule has 0 unspecified atom stereocenters. The molecule has 0 atom stereocenters. The van der Waals surface area contributed by atoms with Crippen molar-refractivity contribution in [3.63, 3.8) is 0 Å². The van der Waals surface area contributed by atoms with E-state index in [9.17, 15) is 0 Å². The zero-order valence-electron chi connectivity index (χ0n) is 39.0. The summed E-state index contributed by atoms with van der Waals surface area (Å²) in [5.41, 5.74) is 26.4. The smallest absolute Gasteiger partial charge is 0.252 e. The summed E-state index contributed by atoms with van der Waals surface area (Å²) in [4.78, 5) is 5.19. The Kier molecular flexibility index (Phi) is 8.86. The summed E-state index contributed by atoms with van der Waals surface area (Å²) in [5, 5.41) is 2.23. The monoisotopic (exact) mass is 834 g/mol. The lowest BCUT2D eigenvalue weighted by atomic mass is 9.33. The number of anilines is 6. The normalized spacial score (nSPS) is 13.5. The van der Waals surface area contributed by atoms with Crippen LogP contribution in [0.1, 0.15) is 80.5 Å². The van der Waals surface area contributed by atoms with Crippen LogP contribution in [-0.4, -0.2) is 6.71 Å². The fourth-order valence-corrected chi connectivity index (χ4v) is 10.8.